The van der Waals surface area contributed by atoms with E-state index in [-0.39, 0.29) is 0 Å². The molecule has 0 bridgehead atoms. The molecule has 0 aliphatic heterocycles. The Balaban J connectivity index is 0.000000921. The third kappa shape index (κ3) is 5.33. The van der Waals surface area contributed by atoms with Crippen molar-refractivity contribution in [2.75, 3.05) is 20.6 Å². The van der Waals surface area contributed by atoms with Crippen LogP contribution in [0.3, 0.4) is 0 Å². The molecule has 0 spiro atoms. The van der Waals surface area contributed by atoms with Crippen molar-refractivity contribution in [2.24, 2.45) is 0 Å². The number of aldehydes is 1. The first kappa shape index (κ1) is 13.8. The van der Waals surface area contributed by atoms with E-state index < -0.39 is 0 Å². The molecular formula is C13H21NO. The third-order valence-corrected chi connectivity index (χ3v) is 2.01. The average molecular weight is 207 g/mol. The molecule has 0 amide bonds. The first-order chi connectivity index (χ1) is 7.24. The van der Waals surface area contributed by atoms with Gasteiger partial charge in [0.15, 0.2) is 0 Å². The Labute approximate surface area is 92.9 Å². The molecule has 1 aromatic rings. The summed E-state index contributed by atoms with van der Waals surface area (Å²) >= 11 is 0. The molecule has 2 heteroatoms. The van der Waals surface area contributed by atoms with Crippen molar-refractivity contribution in [3.05, 3.63) is 35.4 Å². The predicted octanol–water partition coefficient (Wildman–Crippen LogP) is 2.63. The van der Waals surface area contributed by atoms with Gasteiger partial charge in [-0.05, 0) is 26.1 Å². The minimum Gasteiger partial charge on any atom is -0.309 e. The molecule has 0 radical (unpaired) electrons. The van der Waals surface area contributed by atoms with Crippen LogP contribution in [0.1, 0.15) is 29.8 Å². The van der Waals surface area contributed by atoms with Gasteiger partial charge in [-0.2, -0.15) is 0 Å². The van der Waals surface area contributed by atoms with Crippen LogP contribution >= 0.6 is 0 Å². The van der Waals surface area contributed by atoms with E-state index in [0.717, 1.165) is 30.4 Å². The van der Waals surface area contributed by atoms with E-state index in [9.17, 15) is 4.79 Å². The van der Waals surface area contributed by atoms with Crippen LogP contribution in [0.15, 0.2) is 24.3 Å². The Hall–Kier alpha value is -1.15. The van der Waals surface area contributed by atoms with E-state index in [1.165, 1.54) is 0 Å². The van der Waals surface area contributed by atoms with Gasteiger partial charge in [0.05, 0.1) is 0 Å². The van der Waals surface area contributed by atoms with E-state index in [0.29, 0.717) is 0 Å². The molecule has 0 fully saturated rings. The Bertz CT molecular complexity index is 282. The van der Waals surface area contributed by atoms with Crippen molar-refractivity contribution in [1.29, 1.82) is 0 Å². The Kier molecular flexibility index (Phi) is 7.56. The largest absolute Gasteiger partial charge is 0.309 e. The Morgan fingerprint density at radius 1 is 1.20 bits per heavy atom. The zero-order valence-electron chi connectivity index (χ0n) is 10.2. The second kappa shape index (κ2) is 8.18. The zero-order chi connectivity index (χ0) is 11.7. The maximum absolute atomic E-state index is 10.7. The van der Waals surface area contributed by atoms with Crippen LogP contribution in [0.4, 0.5) is 0 Å². The van der Waals surface area contributed by atoms with Gasteiger partial charge >= 0.3 is 0 Å². The lowest BCUT2D eigenvalue weighted by Gasteiger charge is -2.10. The highest BCUT2D eigenvalue weighted by molar-refractivity contribution is 5.77. The summed E-state index contributed by atoms with van der Waals surface area (Å²) in [4.78, 5) is 12.8. The minimum atomic E-state index is 0.810. The van der Waals surface area contributed by atoms with E-state index in [1.807, 2.05) is 52.2 Å². The average Bonchev–Trinajstić information content (AvgIpc) is 2.29. The normalized spacial score (nSPS) is 9.40. The molecule has 1 aromatic carbocycles. The SMILES string of the molecule is CC.CN(C)CCc1ccccc1C=O. The summed E-state index contributed by atoms with van der Waals surface area (Å²) in [6.07, 6.45) is 1.85. The second-order valence-corrected chi connectivity index (χ2v) is 3.37. The topological polar surface area (TPSA) is 20.3 Å². The molecule has 84 valence electrons. The van der Waals surface area contributed by atoms with E-state index in [4.69, 9.17) is 0 Å². The van der Waals surface area contributed by atoms with Crippen molar-refractivity contribution in [3.8, 4) is 0 Å². The van der Waals surface area contributed by atoms with Gasteiger partial charge in [0.1, 0.15) is 6.29 Å². The number of rotatable bonds is 4. The van der Waals surface area contributed by atoms with Crippen molar-refractivity contribution < 1.29 is 4.79 Å². The van der Waals surface area contributed by atoms with Crippen LogP contribution in [-0.2, 0) is 6.42 Å². The quantitative estimate of drug-likeness (QED) is 0.707. The number of carbonyl (C=O) groups excluding carboxylic acids is 1. The van der Waals surface area contributed by atoms with Crippen molar-refractivity contribution >= 4 is 6.29 Å². The molecule has 15 heavy (non-hydrogen) atoms. The van der Waals surface area contributed by atoms with Crippen molar-refractivity contribution in [1.82, 2.24) is 4.90 Å². The van der Waals surface area contributed by atoms with E-state index in [1.54, 1.807) is 0 Å². The molecule has 0 atom stereocenters. The van der Waals surface area contributed by atoms with Gasteiger partial charge in [0.2, 0.25) is 0 Å². The molecule has 1 rings (SSSR count). The molecule has 0 saturated carbocycles. The molecule has 0 N–H and O–H groups in total. The van der Waals surface area contributed by atoms with Crippen LogP contribution in [-0.4, -0.2) is 31.8 Å². The summed E-state index contributed by atoms with van der Waals surface area (Å²) in [7, 11) is 4.06. The fraction of sp³-hybridized carbons (Fsp3) is 0.462. The first-order valence-electron chi connectivity index (χ1n) is 5.42. The summed E-state index contributed by atoms with van der Waals surface area (Å²) in [5.41, 5.74) is 1.94. The zero-order valence-corrected chi connectivity index (χ0v) is 10.2. The number of nitrogens with zero attached hydrogens (tertiary/aromatic N) is 1. The standard InChI is InChI=1S/C11H15NO.C2H6/c1-12(2)8-7-10-5-3-4-6-11(10)9-13;1-2/h3-6,9H,7-8H2,1-2H3;1-2H3. The lowest BCUT2D eigenvalue weighted by molar-refractivity contribution is 0.112. The smallest absolute Gasteiger partial charge is 0.150 e. The Morgan fingerprint density at radius 2 is 1.80 bits per heavy atom. The fourth-order valence-corrected chi connectivity index (χ4v) is 1.22. The van der Waals surface area contributed by atoms with Crippen molar-refractivity contribution in [2.45, 2.75) is 20.3 Å². The highest BCUT2D eigenvalue weighted by Gasteiger charge is 2.00. The third-order valence-electron chi connectivity index (χ3n) is 2.01. The first-order valence-corrected chi connectivity index (χ1v) is 5.42. The van der Waals surface area contributed by atoms with Crippen LogP contribution in [0.25, 0.3) is 0 Å². The molecule has 2 nitrogen and oxygen atoms in total. The summed E-state index contributed by atoms with van der Waals surface area (Å²) in [6.45, 7) is 4.98. The lowest BCUT2D eigenvalue weighted by atomic mass is 10.1. The molecule has 0 saturated heterocycles. The summed E-state index contributed by atoms with van der Waals surface area (Å²) in [6, 6.07) is 7.73. The number of likely N-dealkylation sites (N-methyl/N-ethyl adjacent to an activating group) is 1. The van der Waals surface area contributed by atoms with Crippen LogP contribution < -0.4 is 0 Å². The Morgan fingerprint density at radius 3 is 2.33 bits per heavy atom. The van der Waals surface area contributed by atoms with Gasteiger partial charge in [-0.15, -0.1) is 0 Å². The second-order valence-electron chi connectivity index (χ2n) is 3.37. The highest BCUT2D eigenvalue weighted by Crippen LogP contribution is 2.06. The molecular weight excluding hydrogens is 186 g/mol. The van der Waals surface area contributed by atoms with Crippen LogP contribution in [0.2, 0.25) is 0 Å². The number of hydrogen-bond donors (Lipinski definition) is 0. The van der Waals surface area contributed by atoms with Gasteiger partial charge in [-0.1, -0.05) is 38.1 Å². The van der Waals surface area contributed by atoms with Gasteiger partial charge < -0.3 is 4.90 Å². The van der Waals surface area contributed by atoms with Gasteiger partial charge in [0.25, 0.3) is 0 Å². The fourth-order valence-electron chi connectivity index (χ4n) is 1.22. The maximum Gasteiger partial charge on any atom is 0.150 e. The van der Waals surface area contributed by atoms with Gasteiger partial charge in [-0.3, -0.25) is 4.79 Å². The monoisotopic (exact) mass is 207 g/mol. The number of benzene rings is 1. The molecule has 0 unspecified atom stereocenters. The minimum absolute atomic E-state index is 0.810. The van der Waals surface area contributed by atoms with E-state index >= 15 is 0 Å². The number of hydrogen-bond acceptors (Lipinski definition) is 2. The summed E-state index contributed by atoms with van der Waals surface area (Å²) in [5, 5.41) is 0. The lowest BCUT2D eigenvalue weighted by Crippen LogP contribution is -2.15. The summed E-state index contributed by atoms with van der Waals surface area (Å²) in [5.74, 6) is 0. The predicted molar refractivity (Wildman–Crippen MR) is 65.4 cm³/mol. The molecule has 0 aliphatic rings. The van der Waals surface area contributed by atoms with Crippen LogP contribution in [0, 0.1) is 0 Å². The van der Waals surface area contributed by atoms with Gasteiger partial charge in [-0.25, -0.2) is 0 Å². The van der Waals surface area contributed by atoms with Gasteiger partial charge in [0, 0.05) is 12.1 Å². The number of carbonyl (C=O) groups is 1. The van der Waals surface area contributed by atoms with Crippen LogP contribution in [0.5, 0.6) is 0 Å². The highest BCUT2D eigenvalue weighted by atomic mass is 16.1. The molecule has 0 aliphatic carbocycles. The molecule has 0 heterocycles. The summed E-state index contributed by atoms with van der Waals surface area (Å²) < 4.78 is 0. The van der Waals surface area contributed by atoms with E-state index in [2.05, 4.69) is 4.90 Å². The molecule has 0 aromatic heterocycles. The van der Waals surface area contributed by atoms with Crippen molar-refractivity contribution in [3.63, 3.8) is 0 Å². The maximum atomic E-state index is 10.7.